The second-order valence-electron chi connectivity index (χ2n) is 22.5. The van der Waals surface area contributed by atoms with Crippen molar-refractivity contribution in [1.82, 2.24) is 5.32 Å². The average molecular weight is 1000 g/mol. The van der Waals surface area contributed by atoms with Crippen molar-refractivity contribution in [1.29, 1.82) is 0 Å². The first kappa shape index (κ1) is 69.6. The zero-order valence-electron chi connectivity index (χ0n) is 48.2. The van der Waals surface area contributed by atoms with Crippen molar-refractivity contribution < 1.29 is 24.5 Å². The quantitative estimate of drug-likeness (QED) is 0.0320. The molecule has 6 nitrogen and oxygen atoms in total. The molecule has 0 aliphatic rings. The molecule has 2 atom stereocenters. The van der Waals surface area contributed by atoms with Crippen molar-refractivity contribution in [3.8, 4) is 0 Å². The lowest BCUT2D eigenvalue weighted by Crippen LogP contribution is -2.45. The van der Waals surface area contributed by atoms with Crippen LogP contribution in [-0.2, 0) is 14.3 Å². The molecule has 0 saturated carbocycles. The zero-order valence-corrected chi connectivity index (χ0v) is 48.2. The molecular formula is C65H127NO5. The molecule has 0 aliphatic carbocycles. The third-order valence-corrected chi connectivity index (χ3v) is 15.3. The van der Waals surface area contributed by atoms with E-state index in [0.29, 0.717) is 25.9 Å². The molecule has 0 fully saturated rings. The van der Waals surface area contributed by atoms with Gasteiger partial charge < -0.3 is 20.3 Å². The first-order valence-electron chi connectivity index (χ1n) is 32.4. The van der Waals surface area contributed by atoms with Gasteiger partial charge in [-0.2, -0.15) is 0 Å². The number of hydrogen-bond donors (Lipinski definition) is 3. The van der Waals surface area contributed by atoms with E-state index in [4.69, 9.17) is 4.74 Å². The number of nitrogens with one attached hydrogen (secondary N) is 1. The predicted octanol–water partition coefficient (Wildman–Crippen LogP) is 20.4. The van der Waals surface area contributed by atoms with E-state index < -0.39 is 12.1 Å². The Morgan fingerprint density at radius 2 is 0.662 bits per heavy atom. The zero-order chi connectivity index (χ0) is 51.4. The Morgan fingerprint density at radius 1 is 0.380 bits per heavy atom. The van der Waals surface area contributed by atoms with Gasteiger partial charge in [0.25, 0.3) is 0 Å². The largest absolute Gasteiger partial charge is 0.466 e. The highest BCUT2D eigenvalue weighted by Gasteiger charge is 2.20. The van der Waals surface area contributed by atoms with Crippen LogP contribution in [0.3, 0.4) is 0 Å². The third kappa shape index (κ3) is 57.7. The van der Waals surface area contributed by atoms with Gasteiger partial charge >= 0.3 is 5.97 Å². The monoisotopic (exact) mass is 1000 g/mol. The van der Waals surface area contributed by atoms with Gasteiger partial charge in [-0.3, -0.25) is 9.59 Å². The van der Waals surface area contributed by atoms with Gasteiger partial charge in [0.15, 0.2) is 0 Å². The highest BCUT2D eigenvalue weighted by Crippen LogP contribution is 2.18. The molecule has 2 unspecified atom stereocenters. The lowest BCUT2D eigenvalue weighted by molar-refractivity contribution is -0.143. The number of unbranched alkanes of at least 4 members (excludes halogenated alkanes) is 48. The van der Waals surface area contributed by atoms with Gasteiger partial charge in [-0.25, -0.2) is 0 Å². The van der Waals surface area contributed by atoms with Crippen molar-refractivity contribution in [3.05, 3.63) is 12.2 Å². The Bertz CT molecular complexity index is 1060. The summed E-state index contributed by atoms with van der Waals surface area (Å²) in [6, 6.07) is -0.554. The molecule has 0 saturated heterocycles. The number of carbonyl (C=O) groups excluding carboxylic acids is 2. The molecule has 0 bridgehead atoms. The van der Waals surface area contributed by atoms with E-state index in [1.807, 2.05) is 0 Å². The fraction of sp³-hybridized carbons (Fsp3) is 0.938. The van der Waals surface area contributed by atoms with E-state index >= 15 is 0 Å². The van der Waals surface area contributed by atoms with Crippen molar-refractivity contribution in [3.63, 3.8) is 0 Å². The molecule has 1 amide bonds. The average Bonchev–Trinajstić information content (AvgIpc) is 3.37. The predicted molar refractivity (Wildman–Crippen MR) is 310 cm³/mol. The molecule has 422 valence electrons. The number of aliphatic hydroxyl groups is 2. The molecule has 0 aromatic rings. The van der Waals surface area contributed by atoms with Crippen LogP contribution in [0.15, 0.2) is 12.2 Å². The number of allylic oxidation sites excluding steroid dienone is 2. The van der Waals surface area contributed by atoms with E-state index in [1.54, 1.807) is 0 Å². The molecule has 0 heterocycles. The van der Waals surface area contributed by atoms with Crippen molar-refractivity contribution in [2.24, 2.45) is 0 Å². The summed E-state index contributed by atoms with van der Waals surface area (Å²) in [7, 11) is 0. The second-order valence-corrected chi connectivity index (χ2v) is 22.5. The number of hydrogen-bond acceptors (Lipinski definition) is 5. The van der Waals surface area contributed by atoms with E-state index in [-0.39, 0.29) is 18.5 Å². The number of carbonyl (C=O) groups is 2. The molecule has 0 aromatic heterocycles. The maximum Gasteiger partial charge on any atom is 0.305 e. The lowest BCUT2D eigenvalue weighted by Gasteiger charge is -2.22. The summed E-state index contributed by atoms with van der Waals surface area (Å²) in [6.45, 7) is 4.97. The number of ether oxygens (including phenoxy) is 1. The van der Waals surface area contributed by atoms with E-state index in [2.05, 4.69) is 31.3 Å². The van der Waals surface area contributed by atoms with Crippen LogP contribution in [0.4, 0.5) is 0 Å². The molecule has 3 N–H and O–H groups in total. The molecule has 0 aliphatic heterocycles. The summed E-state index contributed by atoms with van der Waals surface area (Å²) < 4.78 is 5.49. The highest BCUT2D eigenvalue weighted by molar-refractivity contribution is 5.76. The molecule has 0 spiro atoms. The van der Waals surface area contributed by atoms with Crippen molar-refractivity contribution in [2.75, 3.05) is 13.2 Å². The minimum atomic E-state index is -0.675. The van der Waals surface area contributed by atoms with E-state index in [9.17, 15) is 19.8 Å². The maximum atomic E-state index is 12.5. The van der Waals surface area contributed by atoms with Crippen LogP contribution in [0, 0.1) is 0 Å². The summed E-state index contributed by atoms with van der Waals surface area (Å²) in [5.41, 5.74) is 0. The summed E-state index contributed by atoms with van der Waals surface area (Å²) in [4.78, 5) is 24.6. The number of esters is 1. The van der Waals surface area contributed by atoms with Crippen molar-refractivity contribution in [2.45, 2.75) is 379 Å². The third-order valence-electron chi connectivity index (χ3n) is 15.3. The van der Waals surface area contributed by atoms with Gasteiger partial charge in [0.05, 0.1) is 25.4 Å². The van der Waals surface area contributed by atoms with E-state index in [1.165, 1.54) is 270 Å². The Morgan fingerprint density at radius 3 is 1.00 bits per heavy atom. The molecule has 0 radical (unpaired) electrons. The first-order valence-corrected chi connectivity index (χ1v) is 32.4. The van der Waals surface area contributed by atoms with Crippen LogP contribution in [0.1, 0.15) is 367 Å². The normalized spacial score (nSPS) is 12.6. The fourth-order valence-electron chi connectivity index (χ4n) is 10.3. The lowest BCUT2D eigenvalue weighted by atomic mass is 10.0. The Hall–Kier alpha value is -1.40. The Kier molecular flexibility index (Phi) is 59.9. The number of aliphatic hydroxyl groups excluding tert-OH is 2. The van der Waals surface area contributed by atoms with E-state index in [0.717, 1.165) is 64.2 Å². The van der Waals surface area contributed by atoms with Gasteiger partial charge in [0.2, 0.25) is 5.91 Å². The van der Waals surface area contributed by atoms with Gasteiger partial charge in [0, 0.05) is 12.8 Å². The molecule has 0 aromatic carbocycles. The van der Waals surface area contributed by atoms with Crippen LogP contribution in [0.5, 0.6) is 0 Å². The van der Waals surface area contributed by atoms with Crippen LogP contribution in [-0.4, -0.2) is 47.4 Å². The van der Waals surface area contributed by atoms with Gasteiger partial charge in [-0.05, 0) is 51.4 Å². The molecule has 0 rings (SSSR count). The molecule has 6 heteroatoms. The van der Waals surface area contributed by atoms with Crippen LogP contribution < -0.4 is 5.32 Å². The van der Waals surface area contributed by atoms with Gasteiger partial charge in [0.1, 0.15) is 0 Å². The molecule has 71 heavy (non-hydrogen) atoms. The van der Waals surface area contributed by atoms with Crippen LogP contribution in [0.25, 0.3) is 0 Å². The Balaban J connectivity index is 3.43. The minimum Gasteiger partial charge on any atom is -0.466 e. The summed E-state index contributed by atoms with van der Waals surface area (Å²) in [6.07, 6.45) is 73.7. The topological polar surface area (TPSA) is 95.9 Å². The van der Waals surface area contributed by atoms with Crippen molar-refractivity contribution >= 4 is 11.9 Å². The van der Waals surface area contributed by atoms with Gasteiger partial charge in [-0.15, -0.1) is 0 Å². The van der Waals surface area contributed by atoms with Crippen LogP contribution in [0.2, 0.25) is 0 Å². The fourth-order valence-corrected chi connectivity index (χ4v) is 10.3. The maximum absolute atomic E-state index is 12.5. The number of rotatable bonds is 61. The summed E-state index contributed by atoms with van der Waals surface area (Å²) >= 11 is 0. The summed E-state index contributed by atoms with van der Waals surface area (Å²) in [5, 5.41) is 23.4. The highest BCUT2D eigenvalue weighted by atomic mass is 16.5. The van der Waals surface area contributed by atoms with Crippen LogP contribution >= 0.6 is 0 Å². The minimum absolute atomic E-state index is 0.00274. The standard InChI is InChI=1S/C65H127NO5/c1-3-5-7-9-11-13-15-17-19-21-23-24-25-29-33-37-41-45-49-53-57-63(68)62(61-67)66-64(69)58-54-50-46-42-38-34-30-27-28-32-36-40-44-48-52-56-60-71-65(70)59-55-51-47-43-39-35-31-26-22-20-18-16-14-12-10-8-6-4-2/h27,30,62-63,67-68H,3-26,28-29,31-61H2,1-2H3,(H,66,69)/b30-27-. The molecular weight excluding hydrogens is 875 g/mol. The number of amides is 1. The Labute approximate surface area is 444 Å². The second kappa shape index (κ2) is 61.1. The SMILES string of the molecule is CCCCCCCCCCCCCCCCCCCCCCC(O)C(CO)NC(=O)CCCCCCC/C=C\CCCCCCCCCOC(=O)CCCCCCCCCCCCCCCCCCCC. The van der Waals surface area contributed by atoms with Gasteiger partial charge in [-0.1, -0.05) is 315 Å². The summed E-state index contributed by atoms with van der Waals surface area (Å²) in [5.74, 6) is -0.0452. The smallest absolute Gasteiger partial charge is 0.305 e. The first-order chi connectivity index (χ1) is 35.0.